The van der Waals surface area contributed by atoms with E-state index in [1.54, 1.807) is 7.05 Å². The number of nitrogens with one attached hydrogen (secondary N) is 2. The lowest BCUT2D eigenvalue weighted by atomic mass is 10.5. The normalized spacial score (nSPS) is 10.3. The molecule has 0 aliphatic rings. The first-order valence-electron chi connectivity index (χ1n) is 3.96. The molecule has 8 heteroatoms. The molecule has 0 amide bonds. The molecule has 0 saturated carbocycles. The Hall–Kier alpha value is -1.37. The summed E-state index contributed by atoms with van der Waals surface area (Å²) in [4.78, 5) is 7.55. The summed E-state index contributed by atoms with van der Waals surface area (Å²) >= 11 is 5.65. The minimum absolute atomic E-state index is 0.0969. The van der Waals surface area contributed by atoms with Crippen molar-refractivity contribution in [1.29, 1.82) is 0 Å². The van der Waals surface area contributed by atoms with E-state index in [9.17, 15) is 8.78 Å². The zero-order valence-corrected chi connectivity index (χ0v) is 8.77. The molecule has 0 fully saturated rings. The molecule has 1 rings (SSSR count). The highest BCUT2D eigenvalue weighted by molar-refractivity contribution is 6.31. The van der Waals surface area contributed by atoms with Crippen LogP contribution in [-0.4, -0.2) is 30.7 Å². The van der Waals surface area contributed by atoms with Crippen LogP contribution in [0.5, 0.6) is 5.75 Å². The van der Waals surface area contributed by atoms with Crippen molar-refractivity contribution in [3.05, 3.63) is 5.15 Å². The van der Waals surface area contributed by atoms with Gasteiger partial charge >= 0.3 is 6.61 Å². The van der Waals surface area contributed by atoms with Crippen molar-refractivity contribution >= 4 is 23.4 Å². The van der Waals surface area contributed by atoms with E-state index in [0.717, 1.165) is 0 Å². The fraction of sp³-hybridized carbons (Fsp3) is 0.429. The van der Waals surface area contributed by atoms with Crippen molar-refractivity contribution in [2.45, 2.75) is 6.61 Å². The first kappa shape index (κ1) is 11.7. The maximum absolute atomic E-state index is 12.0. The third-order valence-corrected chi connectivity index (χ3v) is 1.75. The second-order valence-electron chi connectivity index (χ2n) is 2.39. The number of ether oxygens (including phenoxy) is 1. The van der Waals surface area contributed by atoms with Gasteiger partial charge in [-0.05, 0) is 0 Å². The zero-order valence-electron chi connectivity index (χ0n) is 8.01. The van der Waals surface area contributed by atoms with E-state index in [2.05, 4.69) is 25.3 Å². The summed E-state index contributed by atoms with van der Waals surface area (Å²) in [7, 11) is 3.09. The average molecular weight is 239 g/mol. The van der Waals surface area contributed by atoms with Crippen LogP contribution in [0.3, 0.4) is 0 Å². The standard InChI is InChI=1S/C7H9ClF2N4O/c1-11-5-3(15-6(9)10)4(8)13-7(12-2)14-5/h6H,1-2H3,(H2,11,12,13,14). The molecule has 0 aliphatic carbocycles. The quantitative estimate of drug-likeness (QED) is 0.784. The van der Waals surface area contributed by atoms with Gasteiger partial charge in [-0.1, -0.05) is 11.6 Å². The number of nitrogens with zero attached hydrogens (tertiary/aromatic N) is 2. The summed E-state index contributed by atoms with van der Waals surface area (Å²) in [6.45, 7) is -2.97. The molecule has 0 unspecified atom stereocenters. The maximum Gasteiger partial charge on any atom is 0.387 e. The molecule has 1 aromatic heterocycles. The highest BCUT2D eigenvalue weighted by Gasteiger charge is 2.17. The van der Waals surface area contributed by atoms with Crippen LogP contribution in [0.25, 0.3) is 0 Å². The van der Waals surface area contributed by atoms with E-state index in [4.69, 9.17) is 11.6 Å². The molecule has 5 nitrogen and oxygen atoms in total. The summed E-state index contributed by atoms with van der Waals surface area (Å²) in [5, 5.41) is 5.03. The van der Waals surface area contributed by atoms with Crippen molar-refractivity contribution in [3.63, 3.8) is 0 Å². The molecular weight excluding hydrogens is 230 g/mol. The van der Waals surface area contributed by atoms with Gasteiger partial charge in [0.05, 0.1) is 0 Å². The molecule has 0 aliphatic heterocycles. The lowest BCUT2D eigenvalue weighted by Gasteiger charge is -2.11. The van der Waals surface area contributed by atoms with Gasteiger partial charge in [-0.25, -0.2) is 0 Å². The molecule has 0 saturated heterocycles. The summed E-state index contributed by atoms with van der Waals surface area (Å²) in [5.74, 6) is 0.0405. The zero-order chi connectivity index (χ0) is 11.4. The number of halogens is 3. The monoisotopic (exact) mass is 238 g/mol. The van der Waals surface area contributed by atoms with Gasteiger partial charge in [-0.3, -0.25) is 0 Å². The van der Waals surface area contributed by atoms with Gasteiger partial charge in [-0.2, -0.15) is 18.7 Å². The van der Waals surface area contributed by atoms with Crippen LogP contribution in [0.1, 0.15) is 0 Å². The Balaban J connectivity index is 3.12. The fourth-order valence-corrected chi connectivity index (χ4v) is 1.11. The van der Waals surface area contributed by atoms with Crippen LogP contribution in [0.15, 0.2) is 0 Å². The summed E-state index contributed by atoms with van der Waals surface area (Å²) in [6.07, 6.45) is 0. The summed E-state index contributed by atoms with van der Waals surface area (Å²) < 4.78 is 28.2. The highest BCUT2D eigenvalue weighted by Crippen LogP contribution is 2.31. The van der Waals surface area contributed by atoms with Gasteiger partial charge in [0.25, 0.3) is 0 Å². The van der Waals surface area contributed by atoms with E-state index in [1.807, 2.05) is 0 Å². The third kappa shape index (κ3) is 2.79. The van der Waals surface area contributed by atoms with E-state index >= 15 is 0 Å². The van der Waals surface area contributed by atoms with Crippen LogP contribution >= 0.6 is 11.6 Å². The summed E-state index contributed by atoms with van der Waals surface area (Å²) in [6, 6.07) is 0. The lowest BCUT2D eigenvalue weighted by Crippen LogP contribution is -2.09. The van der Waals surface area contributed by atoms with Gasteiger partial charge in [-0.15, -0.1) is 0 Å². The second-order valence-corrected chi connectivity index (χ2v) is 2.75. The number of anilines is 2. The number of hydrogen-bond donors (Lipinski definition) is 2. The Kier molecular flexibility index (Phi) is 3.84. The first-order chi connectivity index (χ1) is 7.08. The average Bonchev–Trinajstić information content (AvgIpc) is 2.20. The van der Waals surface area contributed by atoms with Crippen molar-refractivity contribution in [3.8, 4) is 5.75 Å². The Morgan fingerprint density at radius 2 is 1.93 bits per heavy atom. The van der Waals surface area contributed by atoms with Crippen LogP contribution in [0.2, 0.25) is 5.15 Å². The predicted molar refractivity (Wildman–Crippen MR) is 52.8 cm³/mol. The third-order valence-electron chi connectivity index (χ3n) is 1.49. The molecule has 2 N–H and O–H groups in total. The van der Waals surface area contributed by atoms with Gasteiger partial charge in [0.1, 0.15) is 0 Å². The molecule has 0 aromatic carbocycles. The van der Waals surface area contributed by atoms with Gasteiger partial charge < -0.3 is 15.4 Å². The number of aromatic nitrogens is 2. The minimum Gasteiger partial charge on any atom is -0.428 e. The lowest BCUT2D eigenvalue weighted by molar-refractivity contribution is -0.0497. The summed E-state index contributed by atoms with van der Waals surface area (Å²) in [5.41, 5.74) is 0. The number of rotatable bonds is 4. The molecule has 1 heterocycles. The Labute approximate surface area is 89.8 Å². The van der Waals surface area contributed by atoms with Crippen LogP contribution < -0.4 is 15.4 Å². The predicted octanol–water partition coefficient (Wildman–Crippen LogP) is 1.81. The van der Waals surface area contributed by atoms with Gasteiger partial charge in [0.15, 0.2) is 11.0 Å². The first-order valence-corrected chi connectivity index (χ1v) is 4.34. The van der Waals surface area contributed by atoms with Crippen molar-refractivity contribution in [1.82, 2.24) is 9.97 Å². The molecule has 1 aromatic rings. The van der Waals surface area contributed by atoms with E-state index < -0.39 is 6.61 Å². The van der Waals surface area contributed by atoms with E-state index in [1.165, 1.54) is 7.05 Å². The molecule has 0 bridgehead atoms. The largest absolute Gasteiger partial charge is 0.428 e. The van der Waals surface area contributed by atoms with Crippen LogP contribution in [0.4, 0.5) is 20.5 Å². The van der Waals surface area contributed by atoms with Crippen molar-refractivity contribution in [2.75, 3.05) is 24.7 Å². The fourth-order valence-electron chi connectivity index (χ4n) is 0.898. The number of hydrogen-bond acceptors (Lipinski definition) is 5. The molecule has 84 valence electrons. The topological polar surface area (TPSA) is 59.1 Å². The highest BCUT2D eigenvalue weighted by atomic mass is 35.5. The minimum atomic E-state index is -2.97. The molecule has 15 heavy (non-hydrogen) atoms. The molecule has 0 radical (unpaired) electrons. The van der Waals surface area contributed by atoms with E-state index in [-0.39, 0.29) is 22.7 Å². The molecule has 0 spiro atoms. The Morgan fingerprint density at radius 1 is 1.27 bits per heavy atom. The van der Waals surface area contributed by atoms with E-state index in [0.29, 0.717) is 0 Å². The Bertz CT molecular complexity index is 350. The Morgan fingerprint density at radius 3 is 2.40 bits per heavy atom. The molecule has 0 atom stereocenters. The van der Waals surface area contributed by atoms with Crippen LogP contribution in [-0.2, 0) is 0 Å². The molecular formula is C7H9ClF2N4O. The van der Waals surface area contributed by atoms with Crippen molar-refractivity contribution in [2.24, 2.45) is 0 Å². The smallest absolute Gasteiger partial charge is 0.387 e. The maximum atomic E-state index is 12.0. The second kappa shape index (κ2) is 4.92. The van der Waals surface area contributed by atoms with Gasteiger partial charge in [0.2, 0.25) is 11.7 Å². The SMILES string of the molecule is CNc1nc(Cl)c(OC(F)F)c(NC)n1. The van der Waals surface area contributed by atoms with Gasteiger partial charge in [0, 0.05) is 14.1 Å². The number of alkyl halides is 2. The van der Waals surface area contributed by atoms with Crippen molar-refractivity contribution < 1.29 is 13.5 Å². The van der Waals surface area contributed by atoms with Crippen LogP contribution in [0, 0.1) is 0 Å².